The van der Waals surface area contributed by atoms with Gasteiger partial charge in [-0.3, -0.25) is 9.59 Å². The molecule has 3 rings (SSSR count). The van der Waals surface area contributed by atoms with Gasteiger partial charge in [-0.05, 0) is 66.0 Å². The molecule has 2 aliphatic carbocycles. The van der Waals surface area contributed by atoms with Gasteiger partial charge in [0.15, 0.2) is 29.5 Å². The van der Waals surface area contributed by atoms with Gasteiger partial charge in [0, 0.05) is 24.5 Å². The van der Waals surface area contributed by atoms with Crippen molar-refractivity contribution in [3.8, 4) is 0 Å². The molecule has 0 bridgehead atoms. The molecule has 9 atom stereocenters. The molecule has 0 spiro atoms. The van der Waals surface area contributed by atoms with Gasteiger partial charge in [0.2, 0.25) is 0 Å². The van der Waals surface area contributed by atoms with Crippen molar-refractivity contribution in [1.82, 2.24) is 0 Å². The van der Waals surface area contributed by atoms with E-state index in [1.807, 2.05) is 0 Å². The van der Waals surface area contributed by atoms with Gasteiger partial charge in [0.25, 0.3) is 0 Å². The SMILES string of the molecule is CC=C(C)C(=O)OC1C(C)=C2C(C1OC(=O)C(C)=CC)C(C)(OC(C)=O)CC(OC(=O)C(C)CC)C1(O)C2OC(=O)C1(C)O. The maximum absolute atomic E-state index is 13.2. The van der Waals surface area contributed by atoms with E-state index >= 15 is 0 Å². The van der Waals surface area contributed by atoms with E-state index in [9.17, 15) is 34.2 Å². The molecule has 0 aromatic heterocycles. The van der Waals surface area contributed by atoms with Crippen molar-refractivity contribution in [3.05, 3.63) is 34.4 Å². The van der Waals surface area contributed by atoms with E-state index < -0.39 is 89.3 Å². The second-order valence-corrected chi connectivity index (χ2v) is 12.3. The predicted molar refractivity (Wildman–Crippen MR) is 154 cm³/mol. The first-order valence-electron chi connectivity index (χ1n) is 14.8. The smallest absolute Gasteiger partial charge is 0.341 e. The van der Waals surface area contributed by atoms with E-state index in [-0.39, 0.29) is 22.3 Å². The molecule has 44 heavy (non-hydrogen) atoms. The monoisotopic (exact) mass is 620 g/mol. The van der Waals surface area contributed by atoms with Crippen LogP contribution in [0.1, 0.15) is 82.1 Å². The Bertz CT molecular complexity index is 1320. The molecule has 2 N–H and O–H groups in total. The lowest BCUT2D eigenvalue weighted by atomic mass is 9.75. The normalized spacial score (nSPS) is 36.0. The number of carbonyl (C=O) groups excluding carboxylic acids is 5. The summed E-state index contributed by atoms with van der Waals surface area (Å²) in [5, 5.41) is 23.9. The fraction of sp³-hybridized carbons (Fsp3) is 0.656. The first kappa shape index (κ1) is 35.0. The lowest BCUT2D eigenvalue weighted by Gasteiger charge is -2.42. The van der Waals surface area contributed by atoms with Crippen molar-refractivity contribution in [2.45, 2.75) is 123 Å². The molecule has 244 valence electrons. The van der Waals surface area contributed by atoms with Gasteiger partial charge in [-0.25, -0.2) is 14.4 Å². The van der Waals surface area contributed by atoms with Crippen LogP contribution in [0.3, 0.4) is 0 Å². The fourth-order valence-electron chi connectivity index (χ4n) is 6.15. The summed E-state index contributed by atoms with van der Waals surface area (Å²) >= 11 is 0. The zero-order valence-corrected chi connectivity index (χ0v) is 27.0. The van der Waals surface area contributed by atoms with Crippen molar-refractivity contribution in [2.24, 2.45) is 11.8 Å². The minimum atomic E-state index is -2.60. The van der Waals surface area contributed by atoms with Crippen molar-refractivity contribution in [2.75, 3.05) is 0 Å². The Morgan fingerprint density at radius 3 is 2.05 bits per heavy atom. The summed E-state index contributed by atoms with van der Waals surface area (Å²) in [7, 11) is 0. The van der Waals surface area contributed by atoms with Gasteiger partial charge in [-0.2, -0.15) is 0 Å². The lowest BCUT2D eigenvalue weighted by Crippen LogP contribution is -2.64. The van der Waals surface area contributed by atoms with Crippen LogP contribution in [0.15, 0.2) is 34.4 Å². The summed E-state index contributed by atoms with van der Waals surface area (Å²) < 4.78 is 29.2. The lowest BCUT2D eigenvalue weighted by molar-refractivity contribution is -0.213. The highest BCUT2D eigenvalue weighted by Crippen LogP contribution is 2.57. The molecular formula is C32H44O12. The average Bonchev–Trinajstić information content (AvgIpc) is 3.29. The number of rotatable bonds is 8. The molecule has 1 saturated heterocycles. The van der Waals surface area contributed by atoms with E-state index in [1.54, 1.807) is 34.6 Å². The maximum Gasteiger partial charge on any atom is 0.341 e. The zero-order valence-electron chi connectivity index (χ0n) is 27.0. The summed E-state index contributed by atoms with van der Waals surface area (Å²) in [6.45, 7) is 15.0. The van der Waals surface area contributed by atoms with Crippen molar-refractivity contribution in [3.63, 3.8) is 0 Å². The van der Waals surface area contributed by atoms with Crippen LogP contribution in [0.25, 0.3) is 0 Å². The van der Waals surface area contributed by atoms with Crippen LogP contribution in [-0.2, 0) is 47.7 Å². The number of esters is 5. The molecule has 0 radical (unpaired) electrons. The molecular weight excluding hydrogens is 576 g/mol. The van der Waals surface area contributed by atoms with E-state index in [0.29, 0.717) is 6.42 Å². The minimum Gasteiger partial charge on any atom is -0.459 e. The molecule has 3 aliphatic rings. The van der Waals surface area contributed by atoms with E-state index in [1.165, 1.54) is 32.9 Å². The Balaban J connectivity index is 2.37. The van der Waals surface area contributed by atoms with Crippen LogP contribution in [0.2, 0.25) is 0 Å². The van der Waals surface area contributed by atoms with Crippen LogP contribution in [0.5, 0.6) is 0 Å². The topological polar surface area (TPSA) is 172 Å². The highest BCUT2D eigenvalue weighted by molar-refractivity contribution is 5.89. The first-order valence-corrected chi connectivity index (χ1v) is 14.8. The third-order valence-electron chi connectivity index (χ3n) is 9.31. The van der Waals surface area contributed by atoms with Crippen LogP contribution >= 0.6 is 0 Å². The number of hydrogen-bond acceptors (Lipinski definition) is 12. The molecule has 12 heteroatoms. The van der Waals surface area contributed by atoms with E-state index in [0.717, 1.165) is 13.8 Å². The zero-order chi connectivity index (χ0) is 33.5. The Kier molecular flexibility index (Phi) is 9.91. The molecule has 0 amide bonds. The first-order chi connectivity index (χ1) is 20.3. The average molecular weight is 621 g/mol. The van der Waals surface area contributed by atoms with Crippen LogP contribution in [-0.4, -0.2) is 81.3 Å². The number of fused-ring (bicyclic) bond motifs is 3. The fourth-order valence-corrected chi connectivity index (χ4v) is 6.15. The van der Waals surface area contributed by atoms with Crippen LogP contribution in [0, 0.1) is 11.8 Å². The Labute approximate surface area is 257 Å². The summed E-state index contributed by atoms with van der Waals surface area (Å²) in [4.78, 5) is 65.1. The molecule has 2 fully saturated rings. The number of allylic oxidation sites excluding steroid dienone is 2. The standard InChI is InChI=1S/C32H44O12/c1-11-15(4)26(34)40-20-14-30(9,44-19(8)33)22-21(25-32(20,39)31(10,38)29(37)43-25)18(7)23(41-27(35)16(5)12-2)24(22)42-28(36)17(6)13-3/h12-13,15,20,22-25,38-39H,11,14H2,1-10H3. The number of ether oxygens (including phenoxy) is 5. The Morgan fingerprint density at radius 1 is 1.00 bits per heavy atom. The molecule has 0 aromatic carbocycles. The molecule has 0 aromatic rings. The van der Waals surface area contributed by atoms with Gasteiger partial charge < -0.3 is 33.9 Å². The molecule has 1 heterocycles. The minimum absolute atomic E-state index is 0.108. The number of hydrogen-bond donors (Lipinski definition) is 2. The van der Waals surface area contributed by atoms with Gasteiger partial charge in [0.1, 0.15) is 11.7 Å². The highest BCUT2D eigenvalue weighted by Gasteiger charge is 2.76. The van der Waals surface area contributed by atoms with Gasteiger partial charge in [-0.15, -0.1) is 0 Å². The molecule has 12 nitrogen and oxygen atoms in total. The van der Waals surface area contributed by atoms with Crippen LogP contribution in [0.4, 0.5) is 0 Å². The molecule has 9 unspecified atom stereocenters. The van der Waals surface area contributed by atoms with Gasteiger partial charge in [-0.1, -0.05) is 26.0 Å². The molecule has 1 aliphatic heterocycles. The highest BCUT2D eigenvalue weighted by atomic mass is 16.6. The summed E-state index contributed by atoms with van der Waals surface area (Å²) in [6, 6.07) is 0. The predicted octanol–water partition coefficient (Wildman–Crippen LogP) is 2.78. The number of carbonyl (C=O) groups is 5. The van der Waals surface area contributed by atoms with Crippen molar-refractivity contribution < 1.29 is 57.9 Å². The van der Waals surface area contributed by atoms with Crippen molar-refractivity contribution >= 4 is 29.8 Å². The quantitative estimate of drug-likeness (QED) is 0.176. The van der Waals surface area contributed by atoms with E-state index in [2.05, 4.69) is 0 Å². The number of aliphatic hydroxyl groups is 2. The second kappa shape index (κ2) is 12.5. The van der Waals surface area contributed by atoms with Gasteiger partial charge in [0.05, 0.1) is 11.8 Å². The summed E-state index contributed by atoms with van der Waals surface area (Å²) in [5.74, 6) is -5.93. The molecule has 1 saturated carbocycles. The maximum atomic E-state index is 13.2. The third kappa shape index (κ3) is 5.69. The second-order valence-electron chi connectivity index (χ2n) is 12.3. The third-order valence-corrected chi connectivity index (χ3v) is 9.31. The van der Waals surface area contributed by atoms with E-state index in [4.69, 9.17) is 23.7 Å². The Morgan fingerprint density at radius 2 is 1.55 bits per heavy atom. The van der Waals surface area contributed by atoms with Gasteiger partial charge >= 0.3 is 29.8 Å². The van der Waals surface area contributed by atoms with Crippen molar-refractivity contribution in [1.29, 1.82) is 0 Å². The summed E-state index contributed by atoms with van der Waals surface area (Å²) in [5.41, 5.74) is -6.05. The largest absolute Gasteiger partial charge is 0.459 e. The Hall–Kier alpha value is -3.51. The summed E-state index contributed by atoms with van der Waals surface area (Å²) in [6.07, 6.45) is -2.90. The van der Waals surface area contributed by atoms with Crippen LogP contribution < -0.4 is 0 Å².